The molecule has 0 bridgehead atoms. The van der Waals surface area contributed by atoms with Gasteiger partial charge in [-0.15, -0.1) is 0 Å². The van der Waals surface area contributed by atoms with Gasteiger partial charge in [0.1, 0.15) is 5.82 Å². The molecule has 156 valence electrons. The van der Waals surface area contributed by atoms with Gasteiger partial charge in [-0.05, 0) is 43.2 Å². The normalized spacial score (nSPS) is 12.3. The van der Waals surface area contributed by atoms with Crippen LogP contribution in [0.4, 0.5) is 17.6 Å². The first-order chi connectivity index (χ1) is 14.1. The highest BCUT2D eigenvalue weighted by molar-refractivity contribution is 5.87. The maximum atomic E-state index is 14.1. The van der Waals surface area contributed by atoms with Crippen molar-refractivity contribution in [2.45, 2.75) is 32.9 Å². The number of nitrogens with zero attached hydrogens (tertiary/aromatic N) is 5. The molecule has 0 aliphatic heterocycles. The van der Waals surface area contributed by atoms with Gasteiger partial charge in [0.05, 0.1) is 34.2 Å². The number of halogens is 4. The molecule has 0 spiro atoms. The second-order valence-corrected chi connectivity index (χ2v) is 7.45. The number of benzene rings is 1. The Morgan fingerprint density at radius 3 is 2.27 bits per heavy atom. The van der Waals surface area contributed by atoms with Gasteiger partial charge in [0.2, 0.25) is 0 Å². The minimum Gasteiger partial charge on any atom is -0.272 e. The van der Waals surface area contributed by atoms with Gasteiger partial charge in [-0.1, -0.05) is 13.8 Å². The SMILES string of the molecule is Cc1c(-c2cc(C(F)(F)F)c3c(C(C)C)nn(-c4ccc(F)cc4)c3n2)cnn1C. The van der Waals surface area contributed by atoms with Gasteiger partial charge in [-0.3, -0.25) is 4.68 Å². The fraction of sp³-hybridized carbons (Fsp3) is 0.286. The van der Waals surface area contributed by atoms with Gasteiger partial charge in [0, 0.05) is 18.3 Å². The average molecular weight is 417 g/mol. The Labute approximate surface area is 170 Å². The molecule has 0 N–H and O–H groups in total. The molecule has 0 saturated heterocycles. The van der Waals surface area contributed by atoms with E-state index in [1.54, 1.807) is 32.5 Å². The van der Waals surface area contributed by atoms with Crippen LogP contribution in [0.15, 0.2) is 36.5 Å². The summed E-state index contributed by atoms with van der Waals surface area (Å²) in [4.78, 5) is 4.55. The van der Waals surface area contributed by atoms with Crippen molar-refractivity contribution in [1.29, 1.82) is 0 Å². The first kappa shape index (κ1) is 20.1. The number of fused-ring (bicyclic) bond motifs is 1. The fourth-order valence-electron chi connectivity index (χ4n) is 3.42. The lowest BCUT2D eigenvalue weighted by Crippen LogP contribution is -2.08. The van der Waals surface area contributed by atoms with Gasteiger partial charge in [-0.25, -0.2) is 14.1 Å². The number of hydrogen-bond donors (Lipinski definition) is 0. The Bertz CT molecular complexity index is 1230. The predicted molar refractivity (Wildman–Crippen MR) is 105 cm³/mol. The van der Waals surface area contributed by atoms with E-state index in [4.69, 9.17) is 0 Å². The number of hydrogen-bond acceptors (Lipinski definition) is 3. The zero-order chi connectivity index (χ0) is 21.8. The summed E-state index contributed by atoms with van der Waals surface area (Å²) in [5.41, 5.74) is 1.31. The number of pyridine rings is 1. The molecule has 30 heavy (non-hydrogen) atoms. The standard InChI is InChI=1S/C21H19F4N5/c1-11(2)19-18-16(21(23,24)25)9-17(15-10-26-29(4)12(15)3)27-20(18)30(28-19)14-7-5-13(22)6-8-14/h5-11H,1-4H3. The van der Waals surface area contributed by atoms with Crippen molar-refractivity contribution in [2.75, 3.05) is 0 Å². The third-order valence-electron chi connectivity index (χ3n) is 5.10. The maximum absolute atomic E-state index is 14.1. The molecule has 3 aromatic heterocycles. The van der Waals surface area contributed by atoms with Crippen LogP contribution < -0.4 is 0 Å². The monoisotopic (exact) mass is 417 g/mol. The molecule has 0 amide bonds. The van der Waals surface area contributed by atoms with Crippen molar-refractivity contribution in [3.8, 4) is 16.9 Å². The molecule has 0 aliphatic rings. The number of alkyl halides is 3. The first-order valence-corrected chi connectivity index (χ1v) is 9.33. The maximum Gasteiger partial charge on any atom is 0.417 e. The molecule has 0 unspecified atom stereocenters. The van der Waals surface area contributed by atoms with E-state index in [0.717, 1.165) is 6.07 Å². The van der Waals surface area contributed by atoms with E-state index in [0.29, 0.717) is 16.9 Å². The van der Waals surface area contributed by atoms with Crippen LogP contribution in [0.1, 0.15) is 36.7 Å². The van der Waals surface area contributed by atoms with Gasteiger partial charge < -0.3 is 0 Å². The van der Waals surface area contributed by atoms with Crippen LogP contribution in [-0.4, -0.2) is 24.5 Å². The summed E-state index contributed by atoms with van der Waals surface area (Å²) in [6.45, 7) is 5.31. The van der Waals surface area contributed by atoms with E-state index < -0.39 is 17.6 Å². The number of aromatic nitrogens is 5. The van der Waals surface area contributed by atoms with Crippen molar-refractivity contribution in [1.82, 2.24) is 24.5 Å². The Balaban J connectivity index is 2.12. The second-order valence-electron chi connectivity index (χ2n) is 7.45. The molecule has 0 aliphatic carbocycles. The van der Waals surface area contributed by atoms with Crippen LogP contribution in [-0.2, 0) is 13.2 Å². The van der Waals surface area contributed by atoms with E-state index >= 15 is 0 Å². The van der Waals surface area contributed by atoms with Crippen LogP contribution in [0.5, 0.6) is 0 Å². The quantitative estimate of drug-likeness (QED) is 0.419. The molecule has 4 aromatic rings. The van der Waals surface area contributed by atoms with Crippen LogP contribution in [0, 0.1) is 12.7 Å². The summed E-state index contributed by atoms with van der Waals surface area (Å²) in [5.74, 6) is -0.724. The lowest BCUT2D eigenvalue weighted by Gasteiger charge is -2.12. The summed E-state index contributed by atoms with van der Waals surface area (Å²) in [7, 11) is 1.71. The van der Waals surface area contributed by atoms with E-state index in [1.165, 1.54) is 35.1 Å². The summed E-state index contributed by atoms with van der Waals surface area (Å²) in [6.07, 6.45) is -3.11. The molecule has 4 rings (SSSR count). The zero-order valence-corrected chi connectivity index (χ0v) is 16.8. The largest absolute Gasteiger partial charge is 0.417 e. The highest BCUT2D eigenvalue weighted by Gasteiger charge is 2.37. The van der Waals surface area contributed by atoms with Gasteiger partial charge in [0.15, 0.2) is 5.65 Å². The molecular formula is C21H19F4N5. The molecule has 0 saturated carbocycles. The van der Waals surface area contributed by atoms with Crippen LogP contribution in [0.3, 0.4) is 0 Å². The van der Waals surface area contributed by atoms with E-state index in [-0.39, 0.29) is 28.3 Å². The van der Waals surface area contributed by atoms with Gasteiger partial charge in [0.25, 0.3) is 0 Å². The molecule has 1 aromatic carbocycles. The Kier molecular flexibility index (Phi) is 4.63. The first-order valence-electron chi connectivity index (χ1n) is 9.33. The predicted octanol–water partition coefficient (Wildman–Crippen LogP) is 5.41. The molecule has 0 fully saturated rings. The van der Waals surface area contributed by atoms with Crippen molar-refractivity contribution in [2.24, 2.45) is 7.05 Å². The minimum absolute atomic E-state index is 0.0490. The summed E-state index contributed by atoms with van der Waals surface area (Å²) in [5, 5.41) is 8.51. The van der Waals surface area contributed by atoms with Crippen LogP contribution in [0.25, 0.3) is 28.0 Å². The van der Waals surface area contributed by atoms with Crippen LogP contribution >= 0.6 is 0 Å². The third kappa shape index (κ3) is 3.24. The van der Waals surface area contributed by atoms with E-state index in [1.807, 2.05) is 0 Å². The van der Waals surface area contributed by atoms with E-state index in [2.05, 4.69) is 15.2 Å². The Hall–Kier alpha value is -3.23. The van der Waals surface area contributed by atoms with Crippen molar-refractivity contribution in [3.05, 3.63) is 59.3 Å². The lowest BCUT2D eigenvalue weighted by atomic mass is 10.0. The summed E-state index contributed by atoms with van der Waals surface area (Å²) >= 11 is 0. The highest BCUT2D eigenvalue weighted by atomic mass is 19.4. The third-order valence-corrected chi connectivity index (χ3v) is 5.10. The Morgan fingerprint density at radius 1 is 1.07 bits per heavy atom. The molecule has 0 radical (unpaired) electrons. The van der Waals surface area contributed by atoms with Crippen molar-refractivity contribution < 1.29 is 17.6 Å². The zero-order valence-electron chi connectivity index (χ0n) is 16.8. The van der Waals surface area contributed by atoms with Gasteiger partial charge in [-0.2, -0.15) is 23.4 Å². The molecule has 0 atom stereocenters. The molecular weight excluding hydrogens is 398 g/mol. The summed E-state index contributed by atoms with van der Waals surface area (Å²) < 4.78 is 58.6. The average Bonchev–Trinajstić information content (AvgIpc) is 3.22. The van der Waals surface area contributed by atoms with Crippen molar-refractivity contribution in [3.63, 3.8) is 0 Å². The topological polar surface area (TPSA) is 48.5 Å². The Morgan fingerprint density at radius 2 is 1.73 bits per heavy atom. The molecule has 9 heteroatoms. The highest BCUT2D eigenvalue weighted by Crippen LogP contribution is 2.40. The van der Waals surface area contributed by atoms with Gasteiger partial charge >= 0.3 is 6.18 Å². The minimum atomic E-state index is -4.60. The lowest BCUT2D eigenvalue weighted by molar-refractivity contribution is -0.136. The van der Waals surface area contributed by atoms with Crippen LogP contribution in [0.2, 0.25) is 0 Å². The number of aryl methyl sites for hydroxylation is 1. The fourth-order valence-corrected chi connectivity index (χ4v) is 3.42. The number of rotatable bonds is 3. The second kappa shape index (κ2) is 6.93. The molecule has 5 nitrogen and oxygen atoms in total. The van der Waals surface area contributed by atoms with E-state index in [9.17, 15) is 17.6 Å². The van der Waals surface area contributed by atoms with Crippen molar-refractivity contribution >= 4 is 11.0 Å². The molecule has 3 heterocycles. The smallest absolute Gasteiger partial charge is 0.272 e. The summed E-state index contributed by atoms with van der Waals surface area (Å²) in [6, 6.07) is 6.44.